The third-order valence-corrected chi connectivity index (χ3v) is 3.86. The minimum atomic E-state index is 0.175. The van der Waals surface area contributed by atoms with Gasteiger partial charge >= 0.3 is 0 Å². The van der Waals surface area contributed by atoms with E-state index < -0.39 is 0 Å². The Bertz CT molecular complexity index is 425. The number of rotatable bonds is 6. The highest BCUT2D eigenvalue weighted by atomic mass is 16.1. The van der Waals surface area contributed by atoms with Crippen molar-refractivity contribution in [2.45, 2.75) is 20.3 Å². The Morgan fingerprint density at radius 2 is 1.81 bits per heavy atom. The lowest BCUT2D eigenvalue weighted by molar-refractivity contribution is -0.121. The van der Waals surface area contributed by atoms with Crippen LogP contribution in [0, 0.1) is 5.92 Å². The molecule has 2 rings (SSSR count). The highest BCUT2D eigenvalue weighted by Crippen LogP contribution is 2.15. The van der Waals surface area contributed by atoms with Crippen LogP contribution in [0.3, 0.4) is 0 Å². The molecule has 1 aliphatic heterocycles. The Morgan fingerprint density at radius 1 is 1.14 bits per heavy atom. The molecular weight excluding hydrogens is 262 g/mol. The van der Waals surface area contributed by atoms with Gasteiger partial charge in [-0.25, -0.2) is 0 Å². The molecule has 116 valence electrons. The molecule has 0 radical (unpaired) electrons. The van der Waals surface area contributed by atoms with Crippen molar-refractivity contribution >= 4 is 11.6 Å². The normalized spacial score (nSPS) is 16.2. The molecule has 1 aromatic carbocycles. The zero-order chi connectivity index (χ0) is 15.1. The monoisotopic (exact) mass is 289 g/mol. The molecular formula is C17H27N3O. The van der Waals surface area contributed by atoms with Crippen molar-refractivity contribution in [3.8, 4) is 0 Å². The zero-order valence-corrected chi connectivity index (χ0v) is 13.2. The molecule has 0 aromatic heterocycles. The molecule has 0 atom stereocenters. The smallest absolute Gasteiger partial charge is 0.221 e. The summed E-state index contributed by atoms with van der Waals surface area (Å²) in [6.07, 6.45) is 0.609. The molecule has 1 N–H and O–H groups in total. The summed E-state index contributed by atoms with van der Waals surface area (Å²) in [6.45, 7) is 10.0. The van der Waals surface area contributed by atoms with Gasteiger partial charge in [-0.1, -0.05) is 32.0 Å². The number of carbonyl (C=O) groups excluding carboxylic acids is 1. The van der Waals surface area contributed by atoms with Gasteiger partial charge in [-0.15, -0.1) is 0 Å². The lowest BCUT2D eigenvalue weighted by Crippen LogP contribution is -2.47. The van der Waals surface area contributed by atoms with Crippen molar-refractivity contribution in [3.63, 3.8) is 0 Å². The van der Waals surface area contributed by atoms with Crippen LogP contribution in [0.25, 0.3) is 0 Å². The fraction of sp³-hybridized carbons (Fsp3) is 0.588. The first-order chi connectivity index (χ1) is 10.1. The van der Waals surface area contributed by atoms with Crippen LogP contribution in [0.2, 0.25) is 0 Å². The first kappa shape index (κ1) is 15.8. The van der Waals surface area contributed by atoms with Gasteiger partial charge in [-0.2, -0.15) is 0 Å². The molecule has 0 unspecified atom stereocenters. The van der Waals surface area contributed by atoms with Gasteiger partial charge < -0.3 is 10.2 Å². The van der Waals surface area contributed by atoms with Gasteiger partial charge in [0, 0.05) is 51.4 Å². The van der Waals surface area contributed by atoms with Gasteiger partial charge in [0.1, 0.15) is 0 Å². The average Bonchev–Trinajstić information content (AvgIpc) is 2.52. The maximum atomic E-state index is 11.7. The van der Waals surface area contributed by atoms with Gasteiger partial charge in [0.15, 0.2) is 0 Å². The molecule has 1 heterocycles. The zero-order valence-electron chi connectivity index (χ0n) is 13.2. The number of piperazine rings is 1. The second-order valence-electron chi connectivity index (χ2n) is 6.11. The maximum Gasteiger partial charge on any atom is 0.221 e. The van der Waals surface area contributed by atoms with Crippen molar-refractivity contribution < 1.29 is 4.79 Å². The third kappa shape index (κ3) is 5.38. The Kier molecular flexibility index (Phi) is 6.05. The Labute approximate surface area is 128 Å². The van der Waals surface area contributed by atoms with E-state index in [-0.39, 0.29) is 5.91 Å². The van der Waals surface area contributed by atoms with Gasteiger partial charge in [0.2, 0.25) is 5.91 Å². The van der Waals surface area contributed by atoms with E-state index >= 15 is 0 Å². The molecule has 1 saturated heterocycles. The first-order valence-corrected chi connectivity index (χ1v) is 7.94. The third-order valence-electron chi connectivity index (χ3n) is 3.86. The molecule has 4 heteroatoms. The summed E-state index contributed by atoms with van der Waals surface area (Å²) in [4.78, 5) is 16.5. The van der Waals surface area contributed by atoms with Gasteiger partial charge in [0.05, 0.1) is 0 Å². The fourth-order valence-corrected chi connectivity index (χ4v) is 2.53. The SMILES string of the molecule is CC(C)CNC(=O)CCN1CCN(c2ccccc2)CC1. The van der Waals surface area contributed by atoms with Gasteiger partial charge in [-0.05, 0) is 18.1 Å². The summed E-state index contributed by atoms with van der Waals surface area (Å²) in [5.74, 6) is 0.692. The van der Waals surface area contributed by atoms with Crippen LogP contribution in [-0.2, 0) is 4.79 Å². The van der Waals surface area contributed by atoms with Crippen LogP contribution in [0.4, 0.5) is 5.69 Å². The summed E-state index contributed by atoms with van der Waals surface area (Å²) in [6, 6.07) is 10.5. The van der Waals surface area contributed by atoms with E-state index in [0.717, 1.165) is 39.3 Å². The molecule has 4 nitrogen and oxygen atoms in total. The van der Waals surface area contributed by atoms with Crippen LogP contribution in [-0.4, -0.2) is 50.1 Å². The molecule has 0 bridgehead atoms. The molecule has 0 spiro atoms. The van der Waals surface area contributed by atoms with Crippen molar-refractivity contribution in [2.24, 2.45) is 5.92 Å². The summed E-state index contributed by atoms with van der Waals surface area (Å²) in [5, 5.41) is 2.98. The van der Waals surface area contributed by atoms with Gasteiger partial charge in [0.25, 0.3) is 0 Å². The van der Waals surface area contributed by atoms with Crippen LogP contribution >= 0.6 is 0 Å². The number of hydrogen-bond acceptors (Lipinski definition) is 3. The van der Waals surface area contributed by atoms with Crippen LogP contribution < -0.4 is 10.2 Å². The molecule has 1 fully saturated rings. The summed E-state index contributed by atoms with van der Waals surface area (Å²) in [7, 11) is 0. The van der Waals surface area contributed by atoms with Crippen LogP contribution in [0.5, 0.6) is 0 Å². The number of carbonyl (C=O) groups is 1. The van der Waals surface area contributed by atoms with E-state index in [1.54, 1.807) is 0 Å². The Hall–Kier alpha value is -1.55. The lowest BCUT2D eigenvalue weighted by Gasteiger charge is -2.36. The standard InChI is InChI=1S/C17H27N3O/c1-15(2)14-18-17(21)8-9-19-10-12-20(13-11-19)16-6-4-3-5-7-16/h3-7,15H,8-14H2,1-2H3,(H,18,21). The van der Waals surface area contributed by atoms with E-state index in [1.807, 2.05) is 0 Å². The van der Waals surface area contributed by atoms with E-state index in [9.17, 15) is 4.79 Å². The number of anilines is 1. The number of hydrogen-bond donors (Lipinski definition) is 1. The molecule has 0 saturated carbocycles. The van der Waals surface area contributed by atoms with E-state index in [4.69, 9.17) is 0 Å². The van der Waals surface area contributed by atoms with Crippen molar-refractivity contribution in [1.82, 2.24) is 10.2 Å². The minimum Gasteiger partial charge on any atom is -0.369 e. The average molecular weight is 289 g/mol. The second-order valence-corrected chi connectivity index (χ2v) is 6.11. The van der Waals surface area contributed by atoms with E-state index in [2.05, 4.69) is 59.3 Å². The maximum absolute atomic E-state index is 11.7. The largest absolute Gasteiger partial charge is 0.369 e. The van der Waals surface area contributed by atoms with E-state index in [1.165, 1.54) is 5.69 Å². The van der Waals surface area contributed by atoms with Crippen molar-refractivity contribution in [2.75, 3.05) is 44.2 Å². The fourth-order valence-electron chi connectivity index (χ4n) is 2.53. The van der Waals surface area contributed by atoms with Gasteiger partial charge in [-0.3, -0.25) is 9.69 Å². The second kappa shape index (κ2) is 8.03. The molecule has 0 aliphatic carbocycles. The molecule has 21 heavy (non-hydrogen) atoms. The number of benzene rings is 1. The predicted molar refractivity (Wildman–Crippen MR) is 87.6 cm³/mol. The van der Waals surface area contributed by atoms with Crippen molar-refractivity contribution in [1.29, 1.82) is 0 Å². The highest BCUT2D eigenvalue weighted by molar-refractivity contribution is 5.76. The topological polar surface area (TPSA) is 35.6 Å². The first-order valence-electron chi connectivity index (χ1n) is 7.94. The Morgan fingerprint density at radius 3 is 2.43 bits per heavy atom. The van der Waals surface area contributed by atoms with E-state index in [0.29, 0.717) is 12.3 Å². The van der Waals surface area contributed by atoms with Crippen LogP contribution in [0.1, 0.15) is 20.3 Å². The highest BCUT2D eigenvalue weighted by Gasteiger charge is 2.17. The summed E-state index contributed by atoms with van der Waals surface area (Å²) in [5.41, 5.74) is 1.30. The number of nitrogens with zero attached hydrogens (tertiary/aromatic N) is 2. The molecule has 1 aliphatic rings. The summed E-state index contributed by atoms with van der Waals surface area (Å²) >= 11 is 0. The molecule has 1 aromatic rings. The Balaban J connectivity index is 1.66. The number of amides is 1. The number of para-hydroxylation sites is 1. The van der Waals surface area contributed by atoms with Crippen LogP contribution in [0.15, 0.2) is 30.3 Å². The lowest BCUT2D eigenvalue weighted by atomic mass is 10.2. The quantitative estimate of drug-likeness (QED) is 0.870. The predicted octanol–water partition coefficient (Wildman–Crippen LogP) is 1.97. The minimum absolute atomic E-state index is 0.175. The summed E-state index contributed by atoms with van der Waals surface area (Å²) < 4.78 is 0. The molecule has 1 amide bonds. The van der Waals surface area contributed by atoms with Crippen molar-refractivity contribution in [3.05, 3.63) is 30.3 Å². The number of nitrogens with one attached hydrogen (secondary N) is 1.